The first kappa shape index (κ1) is 19.1. The molecule has 0 saturated carbocycles. The second-order valence-corrected chi connectivity index (χ2v) is 8.16. The molecule has 4 aromatic rings. The second-order valence-electron chi connectivity index (χ2n) is 6.74. The molecule has 1 unspecified atom stereocenters. The Kier molecular flexibility index (Phi) is 5.54. The summed E-state index contributed by atoms with van der Waals surface area (Å²) in [4.78, 5) is 6.16. The Morgan fingerprint density at radius 2 is 1.59 bits per heavy atom. The Balaban J connectivity index is 1.81. The van der Waals surface area contributed by atoms with Crippen LogP contribution in [0, 0.1) is 6.92 Å². The fourth-order valence-corrected chi connectivity index (χ4v) is 4.50. The average Bonchev–Trinajstić information content (AvgIpc) is 2.77. The van der Waals surface area contributed by atoms with Gasteiger partial charge < -0.3 is 4.74 Å². The molecule has 0 aliphatic heterocycles. The van der Waals surface area contributed by atoms with E-state index in [9.17, 15) is 4.21 Å². The molecule has 4 aromatic carbocycles. The van der Waals surface area contributed by atoms with Gasteiger partial charge in [0.1, 0.15) is 5.75 Å². The SMILES string of the molecule is COc1ccc(N=Cc2ccc3ccccc3c2S(=O)c2ccc(C)cc2)cc1. The minimum Gasteiger partial charge on any atom is -0.497 e. The van der Waals surface area contributed by atoms with E-state index in [-0.39, 0.29) is 0 Å². The molecule has 0 N–H and O–H groups in total. The highest BCUT2D eigenvalue weighted by molar-refractivity contribution is 7.85. The summed E-state index contributed by atoms with van der Waals surface area (Å²) in [7, 11) is 0.324. The number of aliphatic imine (C=N–C) groups is 1. The highest BCUT2D eigenvalue weighted by atomic mass is 32.2. The van der Waals surface area contributed by atoms with Gasteiger partial charge in [-0.3, -0.25) is 4.99 Å². The molecule has 0 saturated heterocycles. The topological polar surface area (TPSA) is 38.7 Å². The van der Waals surface area contributed by atoms with E-state index in [0.29, 0.717) is 0 Å². The van der Waals surface area contributed by atoms with Crippen LogP contribution in [-0.2, 0) is 10.8 Å². The van der Waals surface area contributed by atoms with Crippen LogP contribution in [0.3, 0.4) is 0 Å². The van der Waals surface area contributed by atoms with Gasteiger partial charge in [0.15, 0.2) is 0 Å². The van der Waals surface area contributed by atoms with Crippen LogP contribution in [-0.4, -0.2) is 17.5 Å². The van der Waals surface area contributed by atoms with Crippen LogP contribution in [0.4, 0.5) is 5.69 Å². The zero-order chi connectivity index (χ0) is 20.2. The Labute approximate surface area is 173 Å². The molecule has 0 spiro atoms. The van der Waals surface area contributed by atoms with Crippen LogP contribution in [0.25, 0.3) is 10.8 Å². The van der Waals surface area contributed by atoms with Crippen LogP contribution in [0.1, 0.15) is 11.1 Å². The second kappa shape index (κ2) is 8.41. The number of methoxy groups -OCH3 is 1. The lowest BCUT2D eigenvalue weighted by Gasteiger charge is -2.11. The van der Waals surface area contributed by atoms with Crippen LogP contribution >= 0.6 is 0 Å². The number of rotatable bonds is 5. The largest absolute Gasteiger partial charge is 0.497 e. The van der Waals surface area contributed by atoms with Gasteiger partial charge in [0.2, 0.25) is 0 Å². The average molecular weight is 400 g/mol. The molecule has 0 fully saturated rings. The summed E-state index contributed by atoms with van der Waals surface area (Å²) in [5.41, 5.74) is 2.80. The van der Waals surface area contributed by atoms with E-state index in [0.717, 1.165) is 43.1 Å². The van der Waals surface area contributed by atoms with Crippen molar-refractivity contribution in [3.8, 4) is 5.75 Å². The van der Waals surface area contributed by atoms with Crippen molar-refractivity contribution in [1.82, 2.24) is 0 Å². The van der Waals surface area contributed by atoms with Crippen molar-refractivity contribution >= 4 is 33.5 Å². The van der Waals surface area contributed by atoms with Gasteiger partial charge in [-0.15, -0.1) is 0 Å². The highest BCUT2D eigenvalue weighted by Gasteiger charge is 2.15. The first-order valence-corrected chi connectivity index (χ1v) is 10.5. The molecule has 0 heterocycles. The van der Waals surface area contributed by atoms with Crippen molar-refractivity contribution in [1.29, 1.82) is 0 Å². The number of hydrogen-bond acceptors (Lipinski definition) is 3. The zero-order valence-corrected chi connectivity index (χ0v) is 17.1. The summed E-state index contributed by atoms with van der Waals surface area (Å²) < 4.78 is 18.7. The summed E-state index contributed by atoms with van der Waals surface area (Å²) in [6.07, 6.45) is 1.79. The predicted octanol–water partition coefficient (Wildman–Crippen LogP) is 6.07. The third kappa shape index (κ3) is 4.13. The molecule has 0 radical (unpaired) electrons. The minimum atomic E-state index is -1.32. The van der Waals surface area contributed by atoms with E-state index >= 15 is 0 Å². The smallest absolute Gasteiger partial charge is 0.119 e. The molecule has 4 heteroatoms. The predicted molar refractivity (Wildman–Crippen MR) is 120 cm³/mol. The third-order valence-electron chi connectivity index (χ3n) is 4.76. The summed E-state index contributed by atoms with van der Waals surface area (Å²) in [5, 5.41) is 2.04. The highest BCUT2D eigenvalue weighted by Crippen LogP contribution is 2.29. The Bertz CT molecular complexity index is 1200. The molecule has 0 aliphatic rings. The summed E-state index contributed by atoms with van der Waals surface area (Å²) in [5.74, 6) is 0.788. The number of nitrogens with zero attached hydrogens (tertiary/aromatic N) is 1. The first-order chi connectivity index (χ1) is 14.2. The fraction of sp³-hybridized carbons (Fsp3) is 0.0800. The lowest BCUT2D eigenvalue weighted by molar-refractivity contribution is 0.415. The van der Waals surface area contributed by atoms with Crippen LogP contribution < -0.4 is 4.74 Å². The van der Waals surface area contributed by atoms with Gasteiger partial charge in [0.05, 0.1) is 28.5 Å². The van der Waals surface area contributed by atoms with Crippen LogP contribution in [0.5, 0.6) is 5.75 Å². The Morgan fingerprint density at radius 1 is 0.862 bits per heavy atom. The maximum absolute atomic E-state index is 13.5. The van der Waals surface area contributed by atoms with Crippen molar-refractivity contribution < 1.29 is 8.95 Å². The summed E-state index contributed by atoms with van der Waals surface area (Å²) >= 11 is 0. The molecule has 0 aliphatic carbocycles. The maximum atomic E-state index is 13.5. The van der Waals surface area contributed by atoms with E-state index in [1.54, 1.807) is 13.3 Å². The molecule has 0 aromatic heterocycles. The molecular formula is C25H21NO2S. The summed E-state index contributed by atoms with van der Waals surface area (Å²) in [6.45, 7) is 2.03. The quantitative estimate of drug-likeness (QED) is 0.382. The summed E-state index contributed by atoms with van der Waals surface area (Å²) in [6, 6.07) is 27.4. The molecule has 0 bridgehead atoms. The van der Waals surface area contributed by atoms with E-state index in [2.05, 4.69) is 4.99 Å². The van der Waals surface area contributed by atoms with E-state index in [4.69, 9.17) is 4.74 Å². The lowest BCUT2D eigenvalue weighted by Crippen LogP contribution is -2.00. The molecule has 3 nitrogen and oxygen atoms in total. The number of fused-ring (bicyclic) bond motifs is 1. The molecule has 144 valence electrons. The third-order valence-corrected chi connectivity index (χ3v) is 6.28. The van der Waals surface area contributed by atoms with Crippen LogP contribution in [0.2, 0.25) is 0 Å². The van der Waals surface area contributed by atoms with Gasteiger partial charge in [-0.1, -0.05) is 54.1 Å². The first-order valence-electron chi connectivity index (χ1n) is 9.34. The molecular weight excluding hydrogens is 378 g/mol. The van der Waals surface area contributed by atoms with Gasteiger partial charge in [0, 0.05) is 16.7 Å². The number of aryl methyl sites for hydroxylation is 1. The monoisotopic (exact) mass is 399 g/mol. The standard InChI is InChI=1S/C25H21NO2S/c1-18-7-15-23(16-8-18)29(27)25-20(10-9-19-5-3-4-6-24(19)25)17-26-21-11-13-22(28-2)14-12-21/h3-17H,1-2H3. The lowest BCUT2D eigenvalue weighted by atomic mass is 10.1. The zero-order valence-electron chi connectivity index (χ0n) is 16.3. The van der Waals surface area contributed by atoms with Gasteiger partial charge in [0.25, 0.3) is 0 Å². The van der Waals surface area contributed by atoms with E-state index in [1.165, 1.54) is 0 Å². The number of benzene rings is 4. The maximum Gasteiger partial charge on any atom is 0.119 e. The number of hydrogen-bond donors (Lipinski definition) is 0. The van der Waals surface area contributed by atoms with Gasteiger partial charge in [-0.05, 0) is 54.1 Å². The van der Waals surface area contributed by atoms with Crippen molar-refractivity contribution in [2.24, 2.45) is 4.99 Å². The van der Waals surface area contributed by atoms with E-state index < -0.39 is 10.8 Å². The molecule has 29 heavy (non-hydrogen) atoms. The van der Waals surface area contributed by atoms with Gasteiger partial charge in [-0.2, -0.15) is 0 Å². The molecule has 0 amide bonds. The van der Waals surface area contributed by atoms with Crippen LogP contribution in [0.15, 0.2) is 99.7 Å². The van der Waals surface area contributed by atoms with E-state index in [1.807, 2.05) is 91.9 Å². The molecule has 1 atom stereocenters. The normalized spacial score (nSPS) is 12.3. The van der Waals surface area contributed by atoms with Crippen molar-refractivity contribution in [2.45, 2.75) is 16.7 Å². The Hall–Kier alpha value is -3.24. The van der Waals surface area contributed by atoms with Crippen molar-refractivity contribution in [3.63, 3.8) is 0 Å². The number of ether oxygens (including phenoxy) is 1. The Morgan fingerprint density at radius 3 is 2.31 bits per heavy atom. The molecule has 4 rings (SSSR count). The van der Waals surface area contributed by atoms with Gasteiger partial charge in [-0.25, -0.2) is 4.21 Å². The van der Waals surface area contributed by atoms with Crippen molar-refractivity contribution in [3.05, 3.63) is 96.1 Å². The fourth-order valence-electron chi connectivity index (χ4n) is 3.16. The van der Waals surface area contributed by atoms with Crippen molar-refractivity contribution in [2.75, 3.05) is 7.11 Å². The minimum absolute atomic E-state index is 0.782. The van der Waals surface area contributed by atoms with Gasteiger partial charge >= 0.3 is 0 Å².